The topological polar surface area (TPSA) is 69.4 Å². The van der Waals surface area contributed by atoms with Crippen LogP contribution in [0.4, 0.5) is 0 Å². The number of phenolic OH excluding ortho intramolecular Hbond substituents is 2. The van der Waals surface area contributed by atoms with E-state index in [-0.39, 0.29) is 11.5 Å². The molecule has 3 N–H and O–H groups in total. The molecule has 2 aromatic carbocycles. The zero-order valence-electron chi connectivity index (χ0n) is 12.5. The molecule has 4 aromatic rings. The van der Waals surface area contributed by atoms with E-state index in [0.717, 1.165) is 33.4 Å². The first-order valence-corrected chi connectivity index (χ1v) is 7.33. The molecule has 0 bridgehead atoms. The second kappa shape index (κ2) is 4.95. The van der Waals surface area contributed by atoms with Gasteiger partial charge in [-0.2, -0.15) is 0 Å². The number of furan rings is 1. The number of aryl methyl sites for hydroxylation is 1. The van der Waals surface area contributed by atoms with Gasteiger partial charge in [-0.25, -0.2) is 0 Å². The Kier molecular flexibility index (Phi) is 2.91. The number of benzene rings is 2. The third-order valence-corrected chi connectivity index (χ3v) is 3.96. The first-order valence-electron chi connectivity index (χ1n) is 7.33. The van der Waals surface area contributed by atoms with Crippen LogP contribution in [-0.4, -0.2) is 15.2 Å². The molecular weight excluding hydrogens is 290 g/mol. The fourth-order valence-electron chi connectivity index (χ4n) is 2.92. The number of aromatic amines is 1. The van der Waals surface area contributed by atoms with E-state index < -0.39 is 0 Å². The van der Waals surface area contributed by atoms with E-state index in [2.05, 4.69) is 4.98 Å². The molecule has 0 aliphatic rings. The minimum Gasteiger partial charge on any atom is -0.508 e. The van der Waals surface area contributed by atoms with Crippen molar-refractivity contribution in [1.29, 1.82) is 0 Å². The first kappa shape index (κ1) is 13.5. The first-order chi connectivity index (χ1) is 11.1. The molecule has 4 heteroatoms. The Bertz CT molecular complexity index is 980. The summed E-state index contributed by atoms with van der Waals surface area (Å²) >= 11 is 0. The predicted octanol–water partition coefficient (Wildman–Crippen LogP) is 4.81. The second-order valence-electron chi connectivity index (χ2n) is 5.58. The standard InChI is InChI=1S/C19H15NO3/c1-11-9-14(22)10-15-17(16-3-2-8-20-16)19(23-18(11)15)12-4-6-13(21)7-5-12/h2-10,20-22H,1H3. The number of fused-ring (bicyclic) bond motifs is 1. The third kappa shape index (κ3) is 2.16. The van der Waals surface area contributed by atoms with Gasteiger partial charge in [0.1, 0.15) is 22.8 Å². The Hall–Kier alpha value is -3.14. The van der Waals surface area contributed by atoms with Crippen molar-refractivity contribution in [1.82, 2.24) is 4.98 Å². The molecule has 2 heterocycles. The van der Waals surface area contributed by atoms with Gasteiger partial charge in [0, 0.05) is 22.8 Å². The van der Waals surface area contributed by atoms with Crippen LogP contribution in [0, 0.1) is 6.92 Å². The Morgan fingerprint density at radius 3 is 2.43 bits per heavy atom. The van der Waals surface area contributed by atoms with Crippen LogP contribution < -0.4 is 0 Å². The number of nitrogens with one attached hydrogen (secondary N) is 1. The lowest BCUT2D eigenvalue weighted by Crippen LogP contribution is -1.81. The number of aromatic nitrogens is 1. The summed E-state index contributed by atoms with van der Waals surface area (Å²) in [5.74, 6) is 1.12. The molecule has 0 saturated heterocycles. The van der Waals surface area contributed by atoms with Gasteiger partial charge in [-0.1, -0.05) is 0 Å². The van der Waals surface area contributed by atoms with Gasteiger partial charge in [0.05, 0.1) is 5.56 Å². The fourth-order valence-corrected chi connectivity index (χ4v) is 2.92. The highest BCUT2D eigenvalue weighted by atomic mass is 16.3. The van der Waals surface area contributed by atoms with Gasteiger partial charge in [-0.3, -0.25) is 0 Å². The molecule has 0 unspecified atom stereocenters. The summed E-state index contributed by atoms with van der Waals surface area (Å²) in [6.45, 7) is 1.91. The van der Waals surface area contributed by atoms with E-state index in [4.69, 9.17) is 4.42 Å². The lowest BCUT2D eigenvalue weighted by molar-refractivity contribution is 0.474. The smallest absolute Gasteiger partial charge is 0.144 e. The van der Waals surface area contributed by atoms with Crippen LogP contribution in [0.3, 0.4) is 0 Å². The molecular formula is C19H15NO3. The molecule has 0 atom stereocenters. The van der Waals surface area contributed by atoms with E-state index >= 15 is 0 Å². The largest absolute Gasteiger partial charge is 0.508 e. The molecule has 0 fully saturated rings. The number of hydrogen-bond donors (Lipinski definition) is 3. The second-order valence-corrected chi connectivity index (χ2v) is 5.58. The zero-order valence-corrected chi connectivity index (χ0v) is 12.5. The van der Waals surface area contributed by atoms with E-state index in [9.17, 15) is 10.2 Å². The maximum absolute atomic E-state index is 9.96. The molecule has 0 aliphatic heterocycles. The van der Waals surface area contributed by atoms with Crippen LogP contribution in [0.1, 0.15) is 5.56 Å². The van der Waals surface area contributed by atoms with Gasteiger partial charge in [-0.05, 0) is 61.0 Å². The number of phenols is 2. The molecule has 114 valence electrons. The molecule has 23 heavy (non-hydrogen) atoms. The van der Waals surface area contributed by atoms with Gasteiger partial charge in [0.25, 0.3) is 0 Å². The molecule has 0 spiro atoms. The minimum absolute atomic E-state index is 0.208. The summed E-state index contributed by atoms with van der Waals surface area (Å²) in [4.78, 5) is 3.20. The van der Waals surface area contributed by atoms with Crippen LogP contribution in [0.5, 0.6) is 11.5 Å². The zero-order chi connectivity index (χ0) is 16.0. The van der Waals surface area contributed by atoms with Crippen LogP contribution in [-0.2, 0) is 0 Å². The minimum atomic E-state index is 0.208. The van der Waals surface area contributed by atoms with Gasteiger partial charge in [0.15, 0.2) is 0 Å². The predicted molar refractivity (Wildman–Crippen MR) is 89.5 cm³/mol. The fraction of sp³-hybridized carbons (Fsp3) is 0.0526. The number of aromatic hydroxyl groups is 2. The summed E-state index contributed by atoms with van der Waals surface area (Å²) in [6, 6.07) is 14.2. The lowest BCUT2D eigenvalue weighted by atomic mass is 10.0. The Balaban J connectivity index is 2.09. The van der Waals surface area contributed by atoms with Crippen LogP contribution in [0.25, 0.3) is 33.6 Å². The quantitative estimate of drug-likeness (QED) is 0.497. The third-order valence-electron chi connectivity index (χ3n) is 3.96. The van der Waals surface area contributed by atoms with Crippen molar-refractivity contribution in [2.24, 2.45) is 0 Å². The van der Waals surface area contributed by atoms with Crippen LogP contribution in [0.2, 0.25) is 0 Å². The summed E-state index contributed by atoms with van der Waals surface area (Å²) in [5, 5.41) is 20.3. The van der Waals surface area contributed by atoms with Gasteiger partial charge in [-0.15, -0.1) is 0 Å². The van der Waals surface area contributed by atoms with Crippen molar-refractivity contribution in [2.75, 3.05) is 0 Å². The number of H-pyrrole nitrogens is 1. The van der Waals surface area contributed by atoms with Crippen molar-refractivity contribution in [3.05, 3.63) is 60.3 Å². The highest BCUT2D eigenvalue weighted by Gasteiger charge is 2.20. The van der Waals surface area contributed by atoms with Crippen molar-refractivity contribution in [2.45, 2.75) is 6.92 Å². The summed E-state index contributed by atoms with van der Waals surface area (Å²) in [5.41, 5.74) is 4.29. The van der Waals surface area contributed by atoms with Crippen molar-refractivity contribution >= 4 is 11.0 Å². The highest BCUT2D eigenvalue weighted by Crippen LogP contribution is 2.42. The van der Waals surface area contributed by atoms with Crippen molar-refractivity contribution < 1.29 is 14.6 Å². The van der Waals surface area contributed by atoms with E-state index in [1.165, 1.54) is 0 Å². The van der Waals surface area contributed by atoms with E-state index in [0.29, 0.717) is 5.76 Å². The summed E-state index contributed by atoms with van der Waals surface area (Å²) < 4.78 is 6.12. The van der Waals surface area contributed by atoms with Crippen molar-refractivity contribution in [3.63, 3.8) is 0 Å². The van der Waals surface area contributed by atoms with E-state index in [1.54, 1.807) is 24.3 Å². The average Bonchev–Trinajstić information content (AvgIpc) is 3.14. The van der Waals surface area contributed by atoms with Crippen LogP contribution in [0.15, 0.2) is 59.1 Å². The van der Waals surface area contributed by atoms with Gasteiger partial charge < -0.3 is 19.6 Å². The number of rotatable bonds is 2. The maximum atomic E-state index is 9.96. The normalized spacial score (nSPS) is 11.2. The van der Waals surface area contributed by atoms with Gasteiger partial charge >= 0.3 is 0 Å². The van der Waals surface area contributed by atoms with Crippen molar-refractivity contribution in [3.8, 4) is 34.1 Å². The Morgan fingerprint density at radius 1 is 0.957 bits per heavy atom. The average molecular weight is 305 g/mol. The van der Waals surface area contributed by atoms with Gasteiger partial charge in [0.2, 0.25) is 0 Å². The molecule has 0 amide bonds. The SMILES string of the molecule is Cc1cc(O)cc2c(-c3ccc[nH]3)c(-c3ccc(O)cc3)oc12. The highest BCUT2D eigenvalue weighted by molar-refractivity contribution is 6.02. The number of hydrogen-bond acceptors (Lipinski definition) is 3. The molecule has 0 radical (unpaired) electrons. The van der Waals surface area contributed by atoms with E-state index in [1.807, 2.05) is 37.4 Å². The molecule has 0 saturated carbocycles. The Labute approximate surface area is 132 Å². The summed E-state index contributed by atoms with van der Waals surface area (Å²) in [6.07, 6.45) is 1.85. The Morgan fingerprint density at radius 2 is 1.74 bits per heavy atom. The molecule has 4 rings (SSSR count). The van der Waals surface area contributed by atoms with Crippen LogP contribution >= 0.6 is 0 Å². The monoisotopic (exact) mass is 305 g/mol. The molecule has 2 aromatic heterocycles. The maximum Gasteiger partial charge on any atom is 0.144 e. The lowest BCUT2D eigenvalue weighted by Gasteiger charge is -2.02. The summed E-state index contributed by atoms with van der Waals surface area (Å²) in [7, 11) is 0. The molecule has 4 nitrogen and oxygen atoms in total. The molecule has 0 aliphatic carbocycles.